The lowest BCUT2D eigenvalue weighted by atomic mass is 10.1. The van der Waals surface area contributed by atoms with Crippen LogP contribution in [-0.2, 0) is 4.74 Å². The second kappa shape index (κ2) is 7.94. The first-order valence-corrected chi connectivity index (χ1v) is 4.95. The third-order valence-corrected chi connectivity index (χ3v) is 1.97. The summed E-state index contributed by atoms with van der Waals surface area (Å²) in [6.07, 6.45) is 0.783. The molecule has 0 rings (SSSR count). The summed E-state index contributed by atoms with van der Waals surface area (Å²) in [6.45, 7) is 8.28. The van der Waals surface area contributed by atoms with Crippen LogP contribution in [0.25, 0.3) is 0 Å². The Morgan fingerprint density at radius 1 is 1.50 bits per heavy atom. The molecule has 0 aromatic carbocycles. The number of hydrogen-bond donors (Lipinski definition) is 3. The van der Waals surface area contributed by atoms with E-state index in [9.17, 15) is 10.2 Å². The Morgan fingerprint density at radius 3 is 2.64 bits per heavy atom. The van der Waals surface area contributed by atoms with Gasteiger partial charge in [-0.1, -0.05) is 13.0 Å². The standard InChI is InChI=1S/C10H21NO3/c1-4-8(3)10(13)11-7-6-9(12)14-5-2/h4,8-13H,1,5-7H2,2-3H3. The van der Waals surface area contributed by atoms with E-state index in [0.717, 1.165) is 0 Å². The monoisotopic (exact) mass is 203 g/mol. The number of nitrogens with one attached hydrogen (secondary N) is 1. The Kier molecular flexibility index (Phi) is 7.70. The van der Waals surface area contributed by atoms with E-state index in [1.165, 1.54) is 0 Å². The van der Waals surface area contributed by atoms with Crippen LogP contribution in [0.15, 0.2) is 12.7 Å². The van der Waals surface area contributed by atoms with Gasteiger partial charge in [0.15, 0.2) is 6.29 Å². The molecule has 4 nitrogen and oxygen atoms in total. The van der Waals surface area contributed by atoms with Crippen LogP contribution in [0.2, 0.25) is 0 Å². The normalized spacial score (nSPS) is 17.4. The van der Waals surface area contributed by atoms with Gasteiger partial charge in [-0.05, 0) is 6.92 Å². The van der Waals surface area contributed by atoms with Crippen molar-refractivity contribution in [3.05, 3.63) is 12.7 Å². The number of aliphatic hydroxyl groups excluding tert-OH is 2. The van der Waals surface area contributed by atoms with Crippen LogP contribution in [0.5, 0.6) is 0 Å². The predicted molar refractivity (Wildman–Crippen MR) is 55.6 cm³/mol. The Morgan fingerprint density at radius 2 is 2.14 bits per heavy atom. The van der Waals surface area contributed by atoms with Crippen LogP contribution in [0.1, 0.15) is 20.3 Å². The summed E-state index contributed by atoms with van der Waals surface area (Å²) in [5, 5.41) is 21.5. The van der Waals surface area contributed by atoms with Gasteiger partial charge in [-0.2, -0.15) is 0 Å². The Labute approximate surface area is 85.6 Å². The molecule has 0 aromatic rings. The van der Waals surface area contributed by atoms with Crippen molar-refractivity contribution in [2.75, 3.05) is 13.2 Å². The summed E-state index contributed by atoms with van der Waals surface area (Å²) in [7, 11) is 0. The molecule has 0 fully saturated rings. The van der Waals surface area contributed by atoms with E-state index in [-0.39, 0.29) is 5.92 Å². The van der Waals surface area contributed by atoms with E-state index in [1.54, 1.807) is 6.08 Å². The molecule has 4 heteroatoms. The van der Waals surface area contributed by atoms with Crippen molar-refractivity contribution in [2.24, 2.45) is 5.92 Å². The van der Waals surface area contributed by atoms with Crippen molar-refractivity contribution >= 4 is 0 Å². The zero-order valence-corrected chi connectivity index (χ0v) is 8.94. The average Bonchev–Trinajstić information content (AvgIpc) is 2.16. The molecular weight excluding hydrogens is 182 g/mol. The third-order valence-electron chi connectivity index (χ3n) is 1.97. The zero-order valence-electron chi connectivity index (χ0n) is 8.94. The maximum atomic E-state index is 9.46. The van der Waals surface area contributed by atoms with Gasteiger partial charge in [0, 0.05) is 25.5 Å². The van der Waals surface area contributed by atoms with Gasteiger partial charge in [0.25, 0.3) is 0 Å². The van der Waals surface area contributed by atoms with Gasteiger partial charge in [0.05, 0.1) is 0 Å². The highest BCUT2D eigenvalue weighted by Crippen LogP contribution is 2.01. The van der Waals surface area contributed by atoms with Crippen molar-refractivity contribution in [1.29, 1.82) is 0 Å². The quantitative estimate of drug-likeness (QED) is 0.396. The Hall–Kier alpha value is -0.420. The Balaban J connectivity index is 3.48. The molecule has 84 valence electrons. The Bertz CT molecular complexity index is 152. The molecule has 0 aliphatic carbocycles. The van der Waals surface area contributed by atoms with Crippen molar-refractivity contribution < 1.29 is 14.9 Å². The van der Waals surface area contributed by atoms with Gasteiger partial charge in [-0.25, -0.2) is 0 Å². The highest BCUT2D eigenvalue weighted by atomic mass is 16.6. The minimum absolute atomic E-state index is 0.000707. The van der Waals surface area contributed by atoms with E-state index >= 15 is 0 Å². The molecule has 0 saturated carbocycles. The van der Waals surface area contributed by atoms with E-state index in [0.29, 0.717) is 19.6 Å². The number of hydrogen-bond acceptors (Lipinski definition) is 4. The van der Waals surface area contributed by atoms with Gasteiger partial charge in [-0.15, -0.1) is 6.58 Å². The first-order chi connectivity index (χ1) is 6.61. The first kappa shape index (κ1) is 13.6. The summed E-state index contributed by atoms with van der Waals surface area (Å²) < 4.78 is 4.92. The average molecular weight is 203 g/mol. The summed E-state index contributed by atoms with van der Waals surface area (Å²) >= 11 is 0. The molecule has 0 saturated heterocycles. The van der Waals surface area contributed by atoms with Gasteiger partial charge in [-0.3, -0.25) is 5.32 Å². The van der Waals surface area contributed by atoms with Gasteiger partial charge >= 0.3 is 0 Å². The molecule has 0 heterocycles. The van der Waals surface area contributed by atoms with Gasteiger partial charge in [0.1, 0.15) is 6.23 Å². The van der Waals surface area contributed by atoms with Gasteiger partial charge in [0.2, 0.25) is 0 Å². The SMILES string of the molecule is C=CC(C)C(O)NCCC(O)OCC. The molecular formula is C10H21NO3. The second-order valence-corrected chi connectivity index (χ2v) is 3.19. The fourth-order valence-corrected chi connectivity index (χ4v) is 0.945. The molecule has 0 aromatic heterocycles. The molecule has 0 bridgehead atoms. The lowest BCUT2D eigenvalue weighted by molar-refractivity contribution is -0.0990. The molecule has 3 unspecified atom stereocenters. The molecule has 0 amide bonds. The number of ether oxygens (including phenoxy) is 1. The minimum atomic E-state index is -0.751. The molecule has 0 radical (unpaired) electrons. The van der Waals surface area contributed by atoms with Crippen LogP contribution in [0, 0.1) is 5.92 Å². The topological polar surface area (TPSA) is 61.7 Å². The first-order valence-electron chi connectivity index (χ1n) is 4.95. The molecule has 0 aliphatic heterocycles. The number of rotatable bonds is 8. The van der Waals surface area contributed by atoms with Crippen LogP contribution < -0.4 is 5.32 Å². The van der Waals surface area contributed by atoms with E-state index < -0.39 is 12.5 Å². The fourth-order valence-electron chi connectivity index (χ4n) is 0.945. The lowest BCUT2D eigenvalue weighted by Crippen LogP contribution is -2.36. The summed E-state index contributed by atoms with van der Waals surface area (Å²) in [6, 6.07) is 0. The molecule has 14 heavy (non-hydrogen) atoms. The fraction of sp³-hybridized carbons (Fsp3) is 0.800. The highest BCUT2D eigenvalue weighted by Gasteiger charge is 2.10. The van der Waals surface area contributed by atoms with Gasteiger partial charge < -0.3 is 14.9 Å². The zero-order chi connectivity index (χ0) is 11.0. The number of aliphatic hydroxyl groups is 2. The van der Waals surface area contributed by atoms with Crippen molar-refractivity contribution in [1.82, 2.24) is 5.32 Å². The summed E-state index contributed by atoms with van der Waals surface area (Å²) in [5.41, 5.74) is 0. The van der Waals surface area contributed by atoms with Crippen molar-refractivity contribution in [2.45, 2.75) is 32.8 Å². The van der Waals surface area contributed by atoms with Crippen LogP contribution >= 0.6 is 0 Å². The third kappa shape index (κ3) is 6.10. The maximum Gasteiger partial charge on any atom is 0.155 e. The molecule has 0 aliphatic rings. The lowest BCUT2D eigenvalue weighted by Gasteiger charge is -2.18. The van der Waals surface area contributed by atoms with E-state index in [1.807, 2.05) is 13.8 Å². The highest BCUT2D eigenvalue weighted by molar-refractivity contribution is 4.79. The maximum absolute atomic E-state index is 9.46. The van der Waals surface area contributed by atoms with Crippen LogP contribution in [0.3, 0.4) is 0 Å². The van der Waals surface area contributed by atoms with Crippen molar-refractivity contribution in [3.8, 4) is 0 Å². The molecule has 3 N–H and O–H groups in total. The summed E-state index contributed by atoms with van der Waals surface area (Å²) in [4.78, 5) is 0. The van der Waals surface area contributed by atoms with Crippen LogP contribution in [-0.4, -0.2) is 35.9 Å². The molecule has 0 spiro atoms. The smallest absolute Gasteiger partial charge is 0.155 e. The van der Waals surface area contributed by atoms with E-state index in [2.05, 4.69) is 11.9 Å². The van der Waals surface area contributed by atoms with Crippen molar-refractivity contribution in [3.63, 3.8) is 0 Å². The minimum Gasteiger partial charge on any atom is -0.378 e. The predicted octanol–water partition coefficient (Wildman–Crippen LogP) is 0.461. The second-order valence-electron chi connectivity index (χ2n) is 3.19. The van der Waals surface area contributed by atoms with E-state index in [4.69, 9.17) is 4.74 Å². The van der Waals surface area contributed by atoms with Crippen LogP contribution in [0.4, 0.5) is 0 Å². The summed E-state index contributed by atoms with van der Waals surface area (Å²) in [5.74, 6) is -0.000707. The largest absolute Gasteiger partial charge is 0.378 e. The molecule has 3 atom stereocenters.